The third kappa shape index (κ3) is 32.2. The topological polar surface area (TPSA) is 83.8 Å². The lowest BCUT2D eigenvalue weighted by atomic mass is 10.3. The SMILES string of the molecule is CC(=O)O.CCCCOCCCC(=O)O. The van der Waals surface area contributed by atoms with Crippen LogP contribution in [0, 0.1) is 0 Å². The quantitative estimate of drug-likeness (QED) is 0.639. The lowest BCUT2D eigenvalue weighted by molar-refractivity contribution is -0.137. The fourth-order valence-electron chi connectivity index (χ4n) is 0.674. The van der Waals surface area contributed by atoms with Gasteiger partial charge in [0.05, 0.1) is 0 Å². The predicted molar refractivity (Wildman–Crippen MR) is 55.9 cm³/mol. The average Bonchev–Trinajstić information content (AvgIpc) is 2.09. The summed E-state index contributed by atoms with van der Waals surface area (Å²) in [6, 6.07) is 0. The van der Waals surface area contributed by atoms with Crippen molar-refractivity contribution < 1.29 is 24.5 Å². The average molecular weight is 220 g/mol. The van der Waals surface area contributed by atoms with E-state index in [0.29, 0.717) is 13.0 Å². The maximum Gasteiger partial charge on any atom is 0.303 e. The number of rotatable bonds is 7. The number of hydrogen-bond donors (Lipinski definition) is 2. The minimum atomic E-state index is -0.833. The molecule has 0 saturated heterocycles. The van der Waals surface area contributed by atoms with E-state index in [-0.39, 0.29) is 6.42 Å². The molecule has 5 heteroatoms. The highest BCUT2D eigenvalue weighted by Gasteiger charge is 1.95. The van der Waals surface area contributed by atoms with Crippen molar-refractivity contribution in [3.63, 3.8) is 0 Å². The van der Waals surface area contributed by atoms with Crippen molar-refractivity contribution in [1.29, 1.82) is 0 Å². The Morgan fingerprint density at radius 1 is 1.13 bits per heavy atom. The molecule has 0 rings (SSSR count). The summed E-state index contributed by atoms with van der Waals surface area (Å²) in [5, 5.41) is 15.7. The van der Waals surface area contributed by atoms with Crippen LogP contribution >= 0.6 is 0 Å². The third-order valence-electron chi connectivity index (χ3n) is 1.32. The zero-order chi connectivity index (χ0) is 12.1. The second-order valence-corrected chi connectivity index (χ2v) is 2.98. The van der Waals surface area contributed by atoms with Crippen LogP contribution in [0.25, 0.3) is 0 Å². The molecular weight excluding hydrogens is 200 g/mol. The van der Waals surface area contributed by atoms with Crippen molar-refractivity contribution in [2.24, 2.45) is 0 Å². The first-order chi connectivity index (χ1) is 7.00. The summed E-state index contributed by atoms with van der Waals surface area (Å²) in [6.07, 6.45) is 3.02. The second kappa shape index (κ2) is 12.9. The molecule has 0 radical (unpaired) electrons. The van der Waals surface area contributed by atoms with E-state index in [9.17, 15) is 4.79 Å². The highest BCUT2D eigenvalue weighted by molar-refractivity contribution is 5.66. The van der Waals surface area contributed by atoms with Gasteiger partial charge >= 0.3 is 5.97 Å². The van der Waals surface area contributed by atoms with Gasteiger partial charge in [0.25, 0.3) is 5.97 Å². The van der Waals surface area contributed by atoms with Gasteiger partial charge in [-0.1, -0.05) is 13.3 Å². The van der Waals surface area contributed by atoms with Crippen LogP contribution in [0.5, 0.6) is 0 Å². The summed E-state index contributed by atoms with van der Waals surface area (Å²) in [4.78, 5) is 19.0. The number of carbonyl (C=O) groups is 2. The lowest BCUT2D eigenvalue weighted by Gasteiger charge is -2.00. The van der Waals surface area contributed by atoms with Gasteiger partial charge in [0, 0.05) is 26.6 Å². The smallest absolute Gasteiger partial charge is 0.303 e. The minimum absolute atomic E-state index is 0.214. The highest BCUT2D eigenvalue weighted by atomic mass is 16.5. The van der Waals surface area contributed by atoms with Crippen molar-refractivity contribution in [1.82, 2.24) is 0 Å². The number of unbranched alkanes of at least 4 members (excludes halogenated alkanes) is 1. The van der Waals surface area contributed by atoms with Gasteiger partial charge in [-0.15, -0.1) is 0 Å². The van der Waals surface area contributed by atoms with Crippen molar-refractivity contribution >= 4 is 11.9 Å². The van der Waals surface area contributed by atoms with Crippen LogP contribution < -0.4 is 0 Å². The van der Waals surface area contributed by atoms with Crippen LogP contribution in [0.2, 0.25) is 0 Å². The highest BCUT2D eigenvalue weighted by Crippen LogP contribution is 1.92. The summed E-state index contributed by atoms with van der Waals surface area (Å²) >= 11 is 0. The first-order valence-corrected chi connectivity index (χ1v) is 4.99. The van der Waals surface area contributed by atoms with Gasteiger partial charge in [-0.2, -0.15) is 0 Å². The number of hydrogen-bond acceptors (Lipinski definition) is 3. The van der Waals surface area contributed by atoms with E-state index in [1.54, 1.807) is 0 Å². The molecule has 0 saturated carbocycles. The van der Waals surface area contributed by atoms with E-state index < -0.39 is 11.9 Å². The molecule has 0 bridgehead atoms. The van der Waals surface area contributed by atoms with Crippen LogP contribution in [0.1, 0.15) is 39.5 Å². The molecule has 0 fully saturated rings. The standard InChI is InChI=1S/C8H16O3.C2H4O2/c1-2-3-6-11-7-4-5-8(9)10;1-2(3)4/h2-7H2,1H3,(H,9,10);1H3,(H,3,4). The van der Waals surface area contributed by atoms with E-state index in [0.717, 1.165) is 26.4 Å². The Labute approximate surface area is 90.1 Å². The Morgan fingerprint density at radius 2 is 1.60 bits per heavy atom. The van der Waals surface area contributed by atoms with Crippen molar-refractivity contribution in [3.05, 3.63) is 0 Å². The van der Waals surface area contributed by atoms with Crippen LogP contribution in [-0.4, -0.2) is 35.4 Å². The Balaban J connectivity index is 0. The lowest BCUT2D eigenvalue weighted by Crippen LogP contribution is -2.00. The minimum Gasteiger partial charge on any atom is -0.481 e. The molecule has 0 atom stereocenters. The van der Waals surface area contributed by atoms with E-state index in [2.05, 4.69) is 6.92 Å². The number of carboxylic acid groups (broad SMARTS) is 2. The number of aliphatic carboxylic acids is 2. The summed E-state index contributed by atoms with van der Waals surface area (Å²) in [5.74, 6) is -1.58. The van der Waals surface area contributed by atoms with Gasteiger partial charge in [-0.3, -0.25) is 9.59 Å². The number of ether oxygens (including phenoxy) is 1. The molecule has 0 unspecified atom stereocenters. The van der Waals surface area contributed by atoms with E-state index >= 15 is 0 Å². The largest absolute Gasteiger partial charge is 0.481 e. The van der Waals surface area contributed by atoms with Gasteiger partial charge < -0.3 is 14.9 Å². The Kier molecular flexibility index (Phi) is 14.0. The molecule has 0 aromatic carbocycles. The van der Waals surface area contributed by atoms with Crippen LogP contribution in [0.15, 0.2) is 0 Å². The van der Waals surface area contributed by atoms with E-state index in [1.807, 2.05) is 0 Å². The maximum absolute atomic E-state index is 10.0. The molecule has 0 heterocycles. The van der Waals surface area contributed by atoms with Crippen LogP contribution in [0.4, 0.5) is 0 Å². The third-order valence-corrected chi connectivity index (χ3v) is 1.32. The van der Waals surface area contributed by atoms with Gasteiger partial charge in [0.1, 0.15) is 0 Å². The van der Waals surface area contributed by atoms with Crippen LogP contribution in [0.3, 0.4) is 0 Å². The Morgan fingerprint density at radius 3 is 2.00 bits per heavy atom. The molecule has 0 amide bonds. The van der Waals surface area contributed by atoms with Gasteiger partial charge in [-0.05, 0) is 12.8 Å². The van der Waals surface area contributed by atoms with E-state index in [1.165, 1.54) is 0 Å². The zero-order valence-electron chi connectivity index (χ0n) is 9.36. The molecule has 0 aromatic heterocycles. The van der Waals surface area contributed by atoms with Crippen molar-refractivity contribution in [3.8, 4) is 0 Å². The first-order valence-electron chi connectivity index (χ1n) is 4.99. The summed E-state index contributed by atoms with van der Waals surface area (Å²) < 4.78 is 5.16. The van der Waals surface area contributed by atoms with Crippen LogP contribution in [-0.2, 0) is 14.3 Å². The molecular formula is C10H20O5. The first kappa shape index (κ1) is 16.3. The normalized spacial score (nSPS) is 8.93. The molecule has 5 nitrogen and oxygen atoms in total. The zero-order valence-corrected chi connectivity index (χ0v) is 9.36. The molecule has 0 aromatic rings. The predicted octanol–water partition coefficient (Wildman–Crippen LogP) is 1.76. The van der Waals surface area contributed by atoms with Gasteiger partial charge in [0.15, 0.2) is 0 Å². The summed E-state index contributed by atoms with van der Waals surface area (Å²) in [5.41, 5.74) is 0. The van der Waals surface area contributed by atoms with Gasteiger partial charge in [0.2, 0.25) is 0 Å². The molecule has 2 N–H and O–H groups in total. The molecule has 90 valence electrons. The Bertz CT molecular complexity index is 163. The molecule has 0 aliphatic carbocycles. The van der Waals surface area contributed by atoms with Crippen molar-refractivity contribution in [2.45, 2.75) is 39.5 Å². The Hall–Kier alpha value is -1.10. The fourth-order valence-corrected chi connectivity index (χ4v) is 0.674. The number of carboxylic acids is 2. The molecule has 0 aliphatic heterocycles. The summed E-state index contributed by atoms with van der Waals surface area (Å²) in [6.45, 7) is 4.52. The monoisotopic (exact) mass is 220 g/mol. The fraction of sp³-hybridized carbons (Fsp3) is 0.800. The maximum atomic E-state index is 10.0. The van der Waals surface area contributed by atoms with E-state index in [4.69, 9.17) is 19.7 Å². The molecule has 0 spiro atoms. The molecule has 15 heavy (non-hydrogen) atoms. The second-order valence-electron chi connectivity index (χ2n) is 2.98. The summed E-state index contributed by atoms with van der Waals surface area (Å²) in [7, 11) is 0. The molecule has 0 aliphatic rings. The van der Waals surface area contributed by atoms with Crippen molar-refractivity contribution in [2.75, 3.05) is 13.2 Å². The van der Waals surface area contributed by atoms with Gasteiger partial charge in [-0.25, -0.2) is 0 Å².